The first kappa shape index (κ1) is 28.2. The van der Waals surface area contributed by atoms with Gasteiger partial charge in [0.2, 0.25) is 0 Å². The average Bonchev–Trinajstić information content (AvgIpc) is 3.27. The Kier molecular flexibility index (Phi) is 9.47. The van der Waals surface area contributed by atoms with Crippen molar-refractivity contribution in [1.29, 1.82) is 0 Å². The molecule has 0 aliphatic heterocycles. The molecule has 8 atom stereocenters. The first-order valence-electron chi connectivity index (χ1n) is 15.2. The zero-order valence-electron chi connectivity index (χ0n) is 24.4. The first-order valence-corrected chi connectivity index (χ1v) is 15.2. The summed E-state index contributed by atoms with van der Waals surface area (Å²) in [6.07, 6.45) is 18.4. The van der Waals surface area contributed by atoms with Crippen molar-refractivity contribution in [2.24, 2.45) is 51.2 Å². The molecule has 0 aromatic rings. The molecule has 0 heteroatoms. The molecule has 32 heavy (non-hydrogen) atoms. The Hall–Kier alpha value is 0. The fourth-order valence-corrected chi connectivity index (χ4v) is 10.7. The van der Waals surface area contributed by atoms with Crippen LogP contribution in [0.15, 0.2) is 0 Å². The van der Waals surface area contributed by atoms with Gasteiger partial charge in [0.25, 0.3) is 0 Å². The highest BCUT2D eigenvalue weighted by Crippen LogP contribution is 2.75. The lowest BCUT2D eigenvalue weighted by atomic mass is 9.33. The molecule has 8 unspecified atom stereocenters. The van der Waals surface area contributed by atoms with Gasteiger partial charge in [0.1, 0.15) is 0 Å². The molecule has 0 heterocycles. The first-order chi connectivity index (χ1) is 15.2. The molecule has 0 N–H and O–H groups in total. The molecule has 5 aliphatic rings. The number of rotatable bonds is 0. The van der Waals surface area contributed by atoms with Crippen molar-refractivity contribution in [1.82, 2.24) is 0 Å². The summed E-state index contributed by atoms with van der Waals surface area (Å²) >= 11 is 0. The van der Waals surface area contributed by atoms with Gasteiger partial charge in [0, 0.05) is 0 Å². The van der Waals surface area contributed by atoms with E-state index in [1.54, 1.807) is 38.5 Å². The van der Waals surface area contributed by atoms with Gasteiger partial charge in [-0.15, -0.1) is 0 Å². The number of hydrogen-bond donors (Lipinski definition) is 0. The fraction of sp³-hybridized carbons (Fsp3) is 1.00. The van der Waals surface area contributed by atoms with Crippen LogP contribution in [0.1, 0.15) is 153 Å². The monoisotopic (exact) mass is 446 g/mol. The van der Waals surface area contributed by atoms with Crippen LogP contribution in [0.5, 0.6) is 0 Å². The van der Waals surface area contributed by atoms with E-state index in [1.165, 1.54) is 38.5 Å². The molecule has 0 radical (unpaired) electrons. The van der Waals surface area contributed by atoms with Crippen LogP contribution in [0.2, 0.25) is 0 Å². The molecule has 0 nitrogen and oxygen atoms in total. The minimum absolute atomic E-state index is 0.579. The zero-order valence-corrected chi connectivity index (χ0v) is 24.4. The molecule has 190 valence electrons. The summed E-state index contributed by atoms with van der Waals surface area (Å²) in [6, 6.07) is 0. The Balaban J connectivity index is 0.000000561. The molecular weight excluding hydrogens is 384 g/mol. The summed E-state index contributed by atoms with van der Waals surface area (Å²) < 4.78 is 0. The quantitative estimate of drug-likeness (QED) is 0.347. The fourth-order valence-electron chi connectivity index (χ4n) is 10.7. The smallest absolute Gasteiger partial charge is 0.0235 e. The summed E-state index contributed by atoms with van der Waals surface area (Å²) in [5, 5.41) is 0. The van der Waals surface area contributed by atoms with Gasteiger partial charge in [-0.2, -0.15) is 0 Å². The molecule has 0 bridgehead atoms. The summed E-state index contributed by atoms with van der Waals surface area (Å²) in [6.45, 7) is 25.5. The van der Waals surface area contributed by atoms with Gasteiger partial charge in [-0.1, -0.05) is 95.4 Å². The van der Waals surface area contributed by atoms with E-state index in [-0.39, 0.29) is 0 Å². The third-order valence-corrected chi connectivity index (χ3v) is 12.0. The van der Waals surface area contributed by atoms with Crippen molar-refractivity contribution in [2.45, 2.75) is 153 Å². The van der Waals surface area contributed by atoms with Crippen molar-refractivity contribution in [3.05, 3.63) is 0 Å². The average molecular weight is 447 g/mol. The topological polar surface area (TPSA) is 0 Å². The van der Waals surface area contributed by atoms with Crippen molar-refractivity contribution < 1.29 is 0 Å². The summed E-state index contributed by atoms with van der Waals surface area (Å²) in [7, 11) is 0. The largest absolute Gasteiger partial charge is 0.0683 e. The second kappa shape index (κ2) is 10.7. The van der Waals surface area contributed by atoms with Gasteiger partial charge >= 0.3 is 0 Å². The van der Waals surface area contributed by atoms with Crippen LogP contribution in [0.3, 0.4) is 0 Å². The van der Waals surface area contributed by atoms with Crippen molar-refractivity contribution in [3.8, 4) is 0 Å². The highest BCUT2D eigenvalue weighted by Gasteiger charge is 2.67. The predicted octanol–water partition coefficient (Wildman–Crippen LogP) is 10.9. The molecule has 0 saturated heterocycles. The van der Waals surface area contributed by atoms with Crippen LogP contribution in [-0.4, -0.2) is 0 Å². The second-order valence-corrected chi connectivity index (χ2v) is 12.9. The van der Waals surface area contributed by atoms with E-state index >= 15 is 0 Å². The Bertz CT molecular complexity index is 575. The highest BCUT2D eigenvalue weighted by atomic mass is 14.7. The number of hydrogen-bond acceptors (Lipinski definition) is 0. The van der Waals surface area contributed by atoms with Crippen LogP contribution in [-0.2, 0) is 0 Å². The van der Waals surface area contributed by atoms with E-state index in [4.69, 9.17) is 0 Å². The van der Waals surface area contributed by atoms with Gasteiger partial charge < -0.3 is 0 Å². The lowest BCUT2D eigenvalue weighted by Crippen LogP contribution is -2.64. The van der Waals surface area contributed by atoms with Gasteiger partial charge in [-0.25, -0.2) is 0 Å². The molecule has 0 spiro atoms. The van der Waals surface area contributed by atoms with Crippen molar-refractivity contribution in [3.63, 3.8) is 0 Å². The third-order valence-electron chi connectivity index (χ3n) is 12.0. The van der Waals surface area contributed by atoms with E-state index in [2.05, 4.69) is 34.6 Å². The van der Waals surface area contributed by atoms with Crippen molar-refractivity contribution >= 4 is 0 Å². The van der Waals surface area contributed by atoms with Crippen molar-refractivity contribution in [2.75, 3.05) is 0 Å². The maximum Gasteiger partial charge on any atom is -0.0235 e. The molecule has 5 saturated carbocycles. The molecule has 0 amide bonds. The molecule has 5 fully saturated rings. The maximum absolute atomic E-state index is 2.79. The van der Waals surface area contributed by atoms with E-state index < -0.39 is 0 Å². The maximum atomic E-state index is 2.79. The van der Waals surface area contributed by atoms with Crippen LogP contribution < -0.4 is 0 Å². The van der Waals surface area contributed by atoms with Gasteiger partial charge in [0.15, 0.2) is 0 Å². The van der Waals surface area contributed by atoms with Gasteiger partial charge in [0.05, 0.1) is 0 Å². The third kappa shape index (κ3) is 4.15. The van der Waals surface area contributed by atoms with E-state index in [1.807, 2.05) is 41.5 Å². The minimum atomic E-state index is 0.579. The zero-order chi connectivity index (χ0) is 24.4. The minimum Gasteiger partial charge on any atom is -0.0683 e. The molecule has 5 rings (SSSR count). The second-order valence-electron chi connectivity index (χ2n) is 12.9. The normalized spacial score (nSPS) is 47.9. The summed E-state index contributed by atoms with van der Waals surface area (Å²) in [5.74, 6) is 5.23. The van der Waals surface area contributed by atoms with E-state index in [0.717, 1.165) is 29.6 Å². The van der Waals surface area contributed by atoms with Crippen LogP contribution in [0.4, 0.5) is 0 Å². The van der Waals surface area contributed by atoms with E-state index in [9.17, 15) is 0 Å². The van der Waals surface area contributed by atoms with Crippen LogP contribution in [0, 0.1) is 51.2 Å². The molecule has 0 aromatic heterocycles. The van der Waals surface area contributed by atoms with Gasteiger partial charge in [-0.05, 0) is 109 Å². The Labute approximate surface area is 204 Å². The SMILES string of the molecule is CC.CC.CC.CC1(C)CCCC2(C)C1CCC1(C)C2CCC2C3CCCC3CCC21C. The predicted molar refractivity (Wildman–Crippen MR) is 145 cm³/mol. The van der Waals surface area contributed by atoms with Crippen LogP contribution in [0.25, 0.3) is 0 Å². The Morgan fingerprint density at radius 1 is 0.500 bits per heavy atom. The standard InChI is InChI=1S/C26H44.3C2H6/c1-23(2)14-7-15-24(3)21(23)13-17-26(5)22(24)11-10-20-19-9-6-8-18(19)12-16-25(20,26)4;3*1-2/h18-22H,6-17H2,1-5H3;3*1-2H3. The Morgan fingerprint density at radius 3 is 1.78 bits per heavy atom. The lowest BCUT2D eigenvalue weighted by molar-refractivity contribution is -0.226. The number of fused-ring (bicyclic) bond motifs is 7. The molecule has 0 aromatic carbocycles. The summed E-state index contributed by atoms with van der Waals surface area (Å²) in [5.41, 5.74) is 2.45. The molecular formula is C32H62. The Morgan fingerprint density at radius 2 is 1.12 bits per heavy atom. The van der Waals surface area contributed by atoms with E-state index in [0.29, 0.717) is 21.7 Å². The van der Waals surface area contributed by atoms with Gasteiger partial charge in [-0.3, -0.25) is 0 Å². The van der Waals surface area contributed by atoms with Crippen LogP contribution >= 0.6 is 0 Å². The molecule has 5 aliphatic carbocycles. The summed E-state index contributed by atoms with van der Waals surface area (Å²) in [4.78, 5) is 0. The highest BCUT2D eigenvalue weighted by molar-refractivity contribution is 5.16. The lowest BCUT2D eigenvalue weighted by Gasteiger charge is -2.71.